The average Bonchev–Trinajstić information content (AvgIpc) is 3.45. The van der Waals surface area contributed by atoms with E-state index in [1.165, 1.54) is 0 Å². The highest BCUT2D eigenvalue weighted by molar-refractivity contribution is 6.05. The van der Waals surface area contributed by atoms with Gasteiger partial charge in [0.2, 0.25) is 11.8 Å². The summed E-state index contributed by atoms with van der Waals surface area (Å²) < 4.78 is 5.28. The quantitative estimate of drug-likeness (QED) is 0.587. The molecule has 192 valence electrons. The minimum atomic E-state index is -0.296. The van der Waals surface area contributed by atoms with Crippen LogP contribution in [-0.2, 0) is 9.59 Å². The molecular formula is C27H35N5O4. The summed E-state index contributed by atoms with van der Waals surface area (Å²) in [7, 11) is 1.56. The standard InChI is InChI=1S/C27H35N5O4/c1-20(31-17-15-30(16-18-31)19-25(33)32-13-5-6-14-32)26(34)28-22-11-9-21(10-12-22)27(35)29-23-7-3-4-8-24(23)36-2/h3-4,7-12,20H,5-6,13-19H2,1-2H3,(H,28,34)(H,29,35). The molecule has 9 nitrogen and oxygen atoms in total. The molecule has 0 bridgehead atoms. The Bertz CT molecular complexity index is 1060. The monoisotopic (exact) mass is 493 g/mol. The molecule has 2 aromatic rings. The van der Waals surface area contributed by atoms with Crippen molar-refractivity contribution in [2.75, 3.05) is 63.6 Å². The third-order valence-electron chi connectivity index (χ3n) is 6.92. The number of nitrogens with one attached hydrogen (secondary N) is 2. The van der Waals surface area contributed by atoms with E-state index in [2.05, 4.69) is 20.4 Å². The highest BCUT2D eigenvalue weighted by atomic mass is 16.5. The predicted molar refractivity (Wildman–Crippen MR) is 139 cm³/mol. The Labute approximate surface area is 212 Å². The number of amides is 3. The summed E-state index contributed by atoms with van der Waals surface area (Å²) in [6.45, 7) is 7.14. The van der Waals surface area contributed by atoms with Crippen molar-refractivity contribution in [3.63, 3.8) is 0 Å². The van der Waals surface area contributed by atoms with Crippen LogP contribution in [0.25, 0.3) is 0 Å². The molecule has 0 saturated carbocycles. The van der Waals surface area contributed by atoms with Crippen LogP contribution in [0, 0.1) is 0 Å². The minimum absolute atomic E-state index is 0.0946. The van der Waals surface area contributed by atoms with Crippen LogP contribution in [0.3, 0.4) is 0 Å². The van der Waals surface area contributed by atoms with Crippen LogP contribution in [-0.4, -0.2) is 91.4 Å². The lowest BCUT2D eigenvalue weighted by atomic mass is 10.1. The van der Waals surface area contributed by atoms with E-state index in [-0.39, 0.29) is 23.8 Å². The van der Waals surface area contributed by atoms with Gasteiger partial charge in [-0.05, 0) is 56.2 Å². The largest absolute Gasteiger partial charge is 0.495 e. The van der Waals surface area contributed by atoms with E-state index in [4.69, 9.17) is 4.74 Å². The third kappa shape index (κ3) is 6.41. The number of nitrogens with zero attached hydrogens (tertiary/aromatic N) is 3. The smallest absolute Gasteiger partial charge is 0.255 e. The molecule has 36 heavy (non-hydrogen) atoms. The van der Waals surface area contributed by atoms with Crippen LogP contribution in [0.5, 0.6) is 5.75 Å². The molecule has 2 fully saturated rings. The van der Waals surface area contributed by atoms with Crippen LogP contribution < -0.4 is 15.4 Å². The van der Waals surface area contributed by atoms with Gasteiger partial charge in [0.1, 0.15) is 5.75 Å². The van der Waals surface area contributed by atoms with Gasteiger partial charge >= 0.3 is 0 Å². The molecular weight excluding hydrogens is 458 g/mol. The molecule has 1 unspecified atom stereocenters. The lowest BCUT2D eigenvalue weighted by molar-refractivity contribution is -0.132. The maximum Gasteiger partial charge on any atom is 0.255 e. The Balaban J connectivity index is 1.24. The molecule has 0 aliphatic carbocycles. The number of piperazine rings is 1. The summed E-state index contributed by atoms with van der Waals surface area (Å²) in [4.78, 5) is 44.1. The van der Waals surface area contributed by atoms with E-state index in [0.29, 0.717) is 29.2 Å². The highest BCUT2D eigenvalue weighted by Crippen LogP contribution is 2.24. The van der Waals surface area contributed by atoms with Gasteiger partial charge in [0, 0.05) is 50.5 Å². The van der Waals surface area contributed by atoms with Crippen LogP contribution in [0.4, 0.5) is 11.4 Å². The summed E-state index contributed by atoms with van der Waals surface area (Å²) in [6.07, 6.45) is 2.20. The zero-order valence-corrected chi connectivity index (χ0v) is 21.0. The fourth-order valence-electron chi connectivity index (χ4n) is 4.63. The number of hydrogen-bond donors (Lipinski definition) is 2. The molecule has 4 rings (SSSR count). The average molecular weight is 494 g/mol. The van der Waals surface area contributed by atoms with Crippen LogP contribution in [0.2, 0.25) is 0 Å². The molecule has 3 amide bonds. The van der Waals surface area contributed by atoms with Crippen molar-refractivity contribution < 1.29 is 19.1 Å². The van der Waals surface area contributed by atoms with E-state index in [1.807, 2.05) is 24.0 Å². The van der Waals surface area contributed by atoms with Gasteiger partial charge in [-0.15, -0.1) is 0 Å². The van der Waals surface area contributed by atoms with Gasteiger partial charge in [-0.3, -0.25) is 24.2 Å². The third-order valence-corrected chi connectivity index (χ3v) is 6.92. The molecule has 2 aliphatic rings. The van der Waals surface area contributed by atoms with Crippen LogP contribution in [0.1, 0.15) is 30.1 Å². The second-order valence-electron chi connectivity index (χ2n) is 9.30. The zero-order chi connectivity index (χ0) is 25.5. The zero-order valence-electron chi connectivity index (χ0n) is 21.0. The van der Waals surface area contributed by atoms with Gasteiger partial charge in [-0.25, -0.2) is 0 Å². The first-order chi connectivity index (χ1) is 17.4. The summed E-state index contributed by atoms with van der Waals surface area (Å²) >= 11 is 0. The first-order valence-electron chi connectivity index (χ1n) is 12.5. The topological polar surface area (TPSA) is 94.2 Å². The SMILES string of the molecule is COc1ccccc1NC(=O)c1ccc(NC(=O)C(C)N2CCN(CC(=O)N3CCCC3)CC2)cc1. The molecule has 2 aliphatic heterocycles. The number of benzene rings is 2. The molecule has 2 heterocycles. The van der Waals surface area contributed by atoms with Crippen molar-refractivity contribution >= 4 is 29.1 Å². The molecule has 0 spiro atoms. The van der Waals surface area contributed by atoms with E-state index >= 15 is 0 Å². The predicted octanol–water partition coefficient (Wildman–Crippen LogP) is 2.51. The van der Waals surface area contributed by atoms with Crippen molar-refractivity contribution in [3.05, 3.63) is 54.1 Å². The number of methoxy groups -OCH3 is 1. The Morgan fingerprint density at radius 2 is 1.56 bits per heavy atom. The number of para-hydroxylation sites is 2. The van der Waals surface area contributed by atoms with Gasteiger partial charge in [0.15, 0.2) is 0 Å². The second-order valence-corrected chi connectivity index (χ2v) is 9.30. The maximum absolute atomic E-state index is 12.9. The molecule has 2 aromatic carbocycles. The van der Waals surface area contributed by atoms with Crippen molar-refractivity contribution in [1.82, 2.24) is 14.7 Å². The number of anilines is 2. The molecule has 2 N–H and O–H groups in total. The lowest BCUT2D eigenvalue weighted by Gasteiger charge is -2.37. The second kappa shape index (κ2) is 12.0. The first-order valence-corrected chi connectivity index (χ1v) is 12.5. The lowest BCUT2D eigenvalue weighted by Crippen LogP contribution is -2.54. The number of carbonyl (C=O) groups is 3. The van der Waals surface area contributed by atoms with Gasteiger partial charge < -0.3 is 20.3 Å². The Kier molecular flexibility index (Phi) is 8.56. The number of carbonyl (C=O) groups excluding carboxylic acids is 3. The fraction of sp³-hybridized carbons (Fsp3) is 0.444. The van der Waals surface area contributed by atoms with Crippen LogP contribution >= 0.6 is 0 Å². The number of hydrogen-bond acceptors (Lipinski definition) is 6. The van der Waals surface area contributed by atoms with Gasteiger partial charge in [-0.1, -0.05) is 12.1 Å². The van der Waals surface area contributed by atoms with Crippen molar-refractivity contribution in [1.29, 1.82) is 0 Å². The van der Waals surface area contributed by atoms with Crippen molar-refractivity contribution in [2.45, 2.75) is 25.8 Å². The Morgan fingerprint density at radius 1 is 0.889 bits per heavy atom. The number of rotatable bonds is 8. The number of ether oxygens (including phenoxy) is 1. The van der Waals surface area contributed by atoms with Crippen LogP contribution in [0.15, 0.2) is 48.5 Å². The maximum atomic E-state index is 12.9. The van der Waals surface area contributed by atoms with E-state index in [9.17, 15) is 14.4 Å². The molecule has 1 atom stereocenters. The summed E-state index contributed by atoms with van der Waals surface area (Å²) in [5, 5.41) is 5.79. The fourth-order valence-corrected chi connectivity index (χ4v) is 4.63. The Hall–Kier alpha value is -3.43. The molecule has 0 aromatic heterocycles. The first kappa shape index (κ1) is 25.7. The molecule has 0 radical (unpaired) electrons. The van der Waals surface area contributed by atoms with E-state index < -0.39 is 0 Å². The van der Waals surface area contributed by atoms with Gasteiger partial charge in [0.25, 0.3) is 5.91 Å². The Morgan fingerprint density at radius 3 is 2.22 bits per heavy atom. The van der Waals surface area contributed by atoms with Crippen molar-refractivity contribution in [2.24, 2.45) is 0 Å². The van der Waals surface area contributed by atoms with E-state index in [0.717, 1.165) is 52.1 Å². The molecule has 2 saturated heterocycles. The highest BCUT2D eigenvalue weighted by Gasteiger charge is 2.28. The summed E-state index contributed by atoms with van der Waals surface area (Å²) in [5.74, 6) is 0.448. The van der Waals surface area contributed by atoms with Crippen molar-refractivity contribution in [3.8, 4) is 5.75 Å². The summed E-state index contributed by atoms with van der Waals surface area (Å²) in [6, 6.07) is 13.7. The summed E-state index contributed by atoms with van der Waals surface area (Å²) in [5.41, 5.74) is 1.71. The molecule has 9 heteroatoms. The van der Waals surface area contributed by atoms with Gasteiger partial charge in [-0.2, -0.15) is 0 Å². The minimum Gasteiger partial charge on any atom is -0.495 e. The number of likely N-dealkylation sites (tertiary alicyclic amines) is 1. The van der Waals surface area contributed by atoms with E-state index in [1.54, 1.807) is 43.5 Å². The normalized spacial score (nSPS) is 17.4. The van der Waals surface area contributed by atoms with Gasteiger partial charge in [0.05, 0.1) is 25.4 Å².